The number of benzene rings is 2. The molecule has 0 aromatic heterocycles. The maximum Gasteiger partial charge on any atom is 0.167 e. The quantitative estimate of drug-likeness (QED) is 0.786. The van der Waals surface area contributed by atoms with Gasteiger partial charge < -0.3 is 10.1 Å². The van der Waals surface area contributed by atoms with Gasteiger partial charge in [0.05, 0.1) is 0 Å². The lowest BCUT2D eigenvalue weighted by molar-refractivity contribution is 0.292. The summed E-state index contributed by atoms with van der Waals surface area (Å²) in [4.78, 5) is 0.788. The van der Waals surface area contributed by atoms with Gasteiger partial charge in [0, 0.05) is 40.6 Å². The van der Waals surface area contributed by atoms with E-state index in [0.717, 1.165) is 22.6 Å². The summed E-state index contributed by atoms with van der Waals surface area (Å²) in [6.45, 7) is 2.78. The van der Waals surface area contributed by atoms with Crippen molar-refractivity contribution in [1.82, 2.24) is 5.32 Å². The van der Waals surface area contributed by atoms with Crippen molar-refractivity contribution >= 4 is 10.8 Å². The van der Waals surface area contributed by atoms with E-state index in [1.54, 1.807) is 6.26 Å². The largest absolute Gasteiger partial charge is 0.489 e. The molecule has 0 heterocycles. The minimum absolute atomic E-state index is 0.0376. The Morgan fingerprint density at radius 3 is 2.48 bits per heavy atom. The molecule has 0 aliphatic heterocycles. The lowest BCUT2D eigenvalue weighted by atomic mass is 10.1. The fourth-order valence-corrected chi connectivity index (χ4v) is 2.61. The van der Waals surface area contributed by atoms with Gasteiger partial charge in [0.15, 0.2) is 11.6 Å². The Labute approximate surface area is 137 Å². The van der Waals surface area contributed by atoms with E-state index in [-0.39, 0.29) is 18.4 Å². The maximum atomic E-state index is 13.4. The van der Waals surface area contributed by atoms with Gasteiger partial charge in [-0.3, -0.25) is 4.21 Å². The molecule has 0 aliphatic carbocycles. The topological polar surface area (TPSA) is 38.3 Å². The van der Waals surface area contributed by atoms with Crippen LogP contribution in [0.2, 0.25) is 0 Å². The molecule has 3 nitrogen and oxygen atoms in total. The molecule has 2 aromatic rings. The third kappa shape index (κ3) is 5.11. The zero-order valence-corrected chi connectivity index (χ0v) is 13.8. The second kappa shape index (κ2) is 8.17. The Morgan fingerprint density at radius 1 is 1.17 bits per heavy atom. The van der Waals surface area contributed by atoms with Gasteiger partial charge in [0.2, 0.25) is 0 Å². The molecule has 2 atom stereocenters. The van der Waals surface area contributed by atoms with Crippen LogP contribution in [0.25, 0.3) is 0 Å². The molecule has 23 heavy (non-hydrogen) atoms. The van der Waals surface area contributed by atoms with Crippen LogP contribution in [0.15, 0.2) is 47.4 Å². The van der Waals surface area contributed by atoms with Crippen LogP contribution < -0.4 is 10.1 Å². The van der Waals surface area contributed by atoms with Gasteiger partial charge in [-0.25, -0.2) is 8.78 Å². The fraction of sp³-hybridized carbons (Fsp3) is 0.294. The van der Waals surface area contributed by atoms with Gasteiger partial charge in [-0.05, 0) is 36.8 Å². The van der Waals surface area contributed by atoms with Crippen molar-refractivity contribution < 1.29 is 17.7 Å². The van der Waals surface area contributed by atoms with Crippen molar-refractivity contribution in [1.29, 1.82) is 0 Å². The van der Waals surface area contributed by atoms with Gasteiger partial charge in [-0.1, -0.05) is 12.1 Å². The zero-order chi connectivity index (χ0) is 16.8. The minimum Gasteiger partial charge on any atom is -0.489 e. The summed E-state index contributed by atoms with van der Waals surface area (Å²) in [7, 11) is -0.985. The summed E-state index contributed by atoms with van der Waals surface area (Å²) in [5.74, 6) is -1.30. The monoisotopic (exact) mass is 339 g/mol. The van der Waals surface area contributed by atoms with E-state index < -0.39 is 22.4 Å². The van der Waals surface area contributed by atoms with E-state index in [0.29, 0.717) is 6.54 Å². The summed E-state index contributed by atoms with van der Waals surface area (Å²) in [5.41, 5.74) is 1.06. The summed E-state index contributed by atoms with van der Waals surface area (Å²) < 4.78 is 42.8. The van der Waals surface area contributed by atoms with E-state index >= 15 is 0 Å². The van der Waals surface area contributed by atoms with Crippen LogP contribution in [0.5, 0.6) is 5.75 Å². The van der Waals surface area contributed by atoms with Gasteiger partial charge in [-0.15, -0.1) is 0 Å². The van der Waals surface area contributed by atoms with Crippen molar-refractivity contribution in [3.05, 3.63) is 59.7 Å². The van der Waals surface area contributed by atoms with E-state index in [1.165, 1.54) is 6.07 Å². The average molecular weight is 339 g/mol. The highest BCUT2D eigenvalue weighted by Gasteiger charge is 2.07. The van der Waals surface area contributed by atoms with Crippen LogP contribution in [0, 0.1) is 11.6 Å². The molecular formula is C17H19F2NO2S. The van der Waals surface area contributed by atoms with Crippen molar-refractivity contribution in [2.24, 2.45) is 0 Å². The standard InChI is InChI=1S/C17H19F2NO2S/c1-12(13-3-6-15(7-4-13)23(2)21)20-9-10-22-17-8-5-14(18)11-16(17)19/h3-8,11-12,20H,9-10H2,1-2H3. The number of hydrogen-bond donors (Lipinski definition) is 1. The maximum absolute atomic E-state index is 13.4. The highest BCUT2D eigenvalue weighted by Crippen LogP contribution is 2.18. The number of hydrogen-bond acceptors (Lipinski definition) is 3. The van der Waals surface area contributed by atoms with Gasteiger partial charge in [0.25, 0.3) is 0 Å². The van der Waals surface area contributed by atoms with Gasteiger partial charge in [0.1, 0.15) is 12.4 Å². The summed E-state index contributed by atoms with van der Waals surface area (Å²) >= 11 is 0. The predicted molar refractivity (Wildman–Crippen MR) is 87.0 cm³/mol. The SMILES string of the molecule is CC(NCCOc1ccc(F)cc1F)c1ccc(S(C)=O)cc1. The van der Waals surface area contributed by atoms with Gasteiger partial charge in [-0.2, -0.15) is 0 Å². The van der Waals surface area contributed by atoms with Crippen molar-refractivity contribution in [2.45, 2.75) is 17.9 Å². The number of ether oxygens (including phenoxy) is 1. The normalized spacial score (nSPS) is 13.6. The zero-order valence-electron chi connectivity index (χ0n) is 13.0. The molecule has 0 bridgehead atoms. The molecule has 1 N–H and O–H groups in total. The molecule has 0 amide bonds. The Hall–Kier alpha value is -1.79. The Kier molecular flexibility index (Phi) is 6.24. The van der Waals surface area contributed by atoms with E-state index in [9.17, 15) is 13.0 Å². The van der Waals surface area contributed by atoms with Crippen LogP contribution >= 0.6 is 0 Å². The van der Waals surface area contributed by atoms with Crippen molar-refractivity contribution in [3.63, 3.8) is 0 Å². The highest BCUT2D eigenvalue weighted by molar-refractivity contribution is 7.84. The smallest absolute Gasteiger partial charge is 0.167 e. The number of nitrogens with one attached hydrogen (secondary N) is 1. The van der Waals surface area contributed by atoms with E-state index in [2.05, 4.69) is 5.32 Å². The van der Waals surface area contributed by atoms with Crippen molar-refractivity contribution in [2.75, 3.05) is 19.4 Å². The van der Waals surface area contributed by atoms with Crippen LogP contribution in [0.4, 0.5) is 8.78 Å². The third-order valence-corrected chi connectivity index (χ3v) is 4.35. The lowest BCUT2D eigenvalue weighted by Crippen LogP contribution is -2.24. The molecule has 124 valence electrons. The highest BCUT2D eigenvalue weighted by atomic mass is 32.2. The van der Waals surface area contributed by atoms with Gasteiger partial charge >= 0.3 is 0 Å². The second-order valence-electron chi connectivity index (χ2n) is 5.12. The third-order valence-electron chi connectivity index (χ3n) is 3.42. The molecule has 0 saturated carbocycles. The second-order valence-corrected chi connectivity index (χ2v) is 6.50. The van der Waals surface area contributed by atoms with Crippen molar-refractivity contribution in [3.8, 4) is 5.75 Å². The van der Waals surface area contributed by atoms with E-state index in [4.69, 9.17) is 4.74 Å². The van der Waals surface area contributed by atoms with Crippen LogP contribution in [-0.4, -0.2) is 23.6 Å². The molecular weight excluding hydrogens is 320 g/mol. The Morgan fingerprint density at radius 2 is 1.87 bits per heavy atom. The Balaban J connectivity index is 1.80. The summed E-state index contributed by atoms with van der Waals surface area (Å²) in [6.07, 6.45) is 1.64. The van der Waals surface area contributed by atoms with Crippen LogP contribution in [0.1, 0.15) is 18.5 Å². The first-order valence-electron chi connectivity index (χ1n) is 7.22. The van der Waals surface area contributed by atoms with E-state index in [1.807, 2.05) is 31.2 Å². The predicted octanol–water partition coefficient (Wildman–Crippen LogP) is 3.43. The molecule has 2 aromatic carbocycles. The summed E-state index contributed by atoms with van der Waals surface area (Å²) in [5, 5.41) is 3.25. The molecule has 0 fully saturated rings. The first-order valence-corrected chi connectivity index (χ1v) is 8.78. The molecule has 0 radical (unpaired) electrons. The summed E-state index contributed by atoms with van der Waals surface area (Å²) in [6, 6.07) is 10.8. The number of halogens is 2. The lowest BCUT2D eigenvalue weighted by Gasteiger charge is -2.15. The first-order chi connectivity index (χ1) is 11.0. The van der Waals surface area contributed by atoms with Crippen LogP contribution in [0.3, 0.4) is 0 Å². The molecule has 2 rings (SSSR count). The first kappa shape index (κ1) is 17.6. The molecule has 0 saturated heterocycles. The number of rotatable bonds is 7. The molecule has 0 aliphatic rings. The fourth-order valence-electron chi connectivity index (χ4n) is 2.09. The average Bonchev–Trinajstić information content (AvgIpc) is 2.53. The van der Waals surface area contributed by atoms with Crippen LogP contribution in [-0.2, 0) is 10.8 Å². The minimum atomic E-state index is -0.985. The molecule has 0 spiro atoms. The Bertz CT molecular complexity index is 677. The molecule has 2 unspecified atom stereocenters. The molecule has 6 heteroatoms.